The van der Waals surface area contributed by atoms with Crippen LogP contribution in [0, 0.1) is 0 Å². The van der Waals surface area contributed by atoms with E-state index >= 15 is 0 Å². The number of benzene rings is 1. The van der Waals surface area contributed by atoms with Crippen LogP contribution in [0.2, 0.25) is 18.1 Å². The lowest BCUT2D eigenvalue weighted by Gasteiger charge is -2.36. The van der Waals surface area contributed by atoms with Gasteiger partial charge in [-0.1, -0.05) is 39.8 Å². The molecule has 4 heteroatoms. The molecule has 120 valence electrons. The molecule has 1 rings (SSSR count). The molecule has 0 radical (unpaired) electrons. The fraction of sp³-hybridized carbons (Fsp3) is 0.647. The van der Waals surface area contributed by atoms with Crippen LogP contribution in [0.25, 0.3) is 0 Å². The van der Waals surface area contributed by atoms with Gasteiger partial charge >= 0.3 is 0 Å². The van der Waals surface area contributed by atoms with Gasteiger partial charge in [-0.15, -0.1) is 0 Å². The van der Waals surface area contributed by atoms with Crippen LogP contribution in [0.3, 0.4) is 0 Å². The lowest BCUT2D eigenvalue weighted by molar-refractivity contribution is 0.0503. The predicted molar refractivity (Wildman–Crippen MR) is 90.3 cm³/mol. The summed E-state index contributed by atoms with van der Waals surface area (Å²) in [5, 5.41) is 0.228. The fourth-order valence-electron chi connectivity index (χ4n) is 1.72. The van der Waals surface area contributed by atoms with Crippen LogP contribution < -0.4 is 4.74 Å². The number of rotatable bonds is 7. The van der Waals surface area contributed by atoms with Crippen molar-refractivity contribution in [1.29, 1.82) is 0 Å². The Labute approximate surface area is 130 Å². The minimum atomic E-state index is -1.72. The first kappa shape index (κ1) is 18.2. The Morgan fingerprint density at radius 1 is 1.14 bits per heavy atom. The van der Waals surface area contributed by atoms with E-state index in [0.29, 0.717) is 6.61 Å². The number of methoxy groups -OCH3 is 1. The fourth-order valence-corrected chi connectivity index (χ4v) is 2.68. The number of aryl methyl sites for hydroxylation is 1. The van der Waals surface area contributed by atoms with Crippen molar-refractivity contribution < 1.29 is 13.9 Å². The topological polar surface area (TPSA) is 27.7 Å². The summed E-state index contributed by atoms with van der Waals surface area (Å²) in [5.41, 5.74) is 2.35. The van der Waals surface area contributed by atoms with Crippen LogP contribution in [0.4, 0.5) is 0 Å². The average molecular weight is 311 g/mol. The van der Waals surface area contributed by atoms with Gasteiger partial charge in [0.25, 0.3) is 0 Å². The Morgan fingerprint density at radius 3 is 2.33 bits per heavy atom. The Balaban J connectivity index is 2.80. The van der Waals surface area contributed by atoms with Crippen LogP contribution in [0.1, 0.15) is 38.8 Å². The van der Waals surface area contributed by atoms with Gasteiger partial charge < -0.3 is 13.9 Å². The molecule has 1 aromatic carbocycles. The van der Waals surface area contributed by atoms with Crippen molar-refractivity contribution >= 4 is 8.32 Å². The van der Waals surface area contributed by atoms with Gasteiger partial charge in [-0.05, 0) is 41.7 Å². The van der Waals surface area contributed by atoms with E-state index < -0.39 is 8.32 Å². The summed E-state index contributed by atoms with van der Waals surface area (Å²) in [4.78, 5) is 0. The van der Waals surface area contributed by atoms with Crippen LogP contribution >= 0.6 is 0 Å². The Morgan fingerprint density at radius 2 is 1.81 bits per heavy atom. The van der Waals surface area contributed by atoms with Crippen LogP contribution in [0.5, 0.6) is 5.75 Å². The monoisotopic (exact) mass is 310 g/mol. The number of hydrogen-bond acceptors (Lipinski definition) is 3. The molecule has 0 atom stereocenters. The maximum absolute atomic E-state index is 6.27. The lowest BCUT2D eigenvalue weighted by atomic mass is 10.1. The third-order valence-electron chi connectivity index (χ3n) is 4.25. The molecule has 1 aromatic rings. The minimum Gasteiger partial charge on any atom is -0.467 e. The van der Waals surface area contributed by atoms with E-state index in [9.17, 15) is 0 Å². The van der Waals surface area contributed by atoms with E-state index in [4.69, 9.17) is 13.9 Å². The van der Waals surface area contributed by atoms with Crippen molar-refractivity contribution in [3.8, 4) is 5.75 Å². The summed E-state index contributed by atoms with van der Waals surface area (Å²) in [7, 11) is -0.0829. The van der Waals surface area contributed by atoms with Crippen LogP contribution in [0.15, 0.2) is 18.2 Å². The first-order valence-electron chi connectivity index (χ1n) is 7.58. The van der Waals surface area contributed by atoms with Crippen molar-refractivity contribution in [3.05, 3.63) is 29.3 Å². The van der Waals surface area contributed by atoms with Gasteiger partial charge in [0.15, 0.2) is 15.1 Å². The summed E-state index contributed by atoms with van der Waals surface area (Å²) in [6.07, 6.45) is 0.947. The third kappa shape index (κ3) is 5.13. The molecule has 0 bridgehead atoms. The molecule has 0 aliphatic rings. The highest BCUT2D eigenvalue weighted by molar-refractivity contribution is 6.74. The van der Waals surface area contributed by atoms with Crippen LogP contribution in [-0.4, -0.2) is 22.2 Å². The summed E-state index contributed by atoms with van der Waals surface area (Å²) in [6.45, 7) is 14.4. The second-order valence-electron chi connectivity index (χ2n) is 6.90. The molecular weight excluding hydrogens is 280 g/mol. The smallest absolute Gasteiger partial charge is 0.192 e. The van der Waals surface area contributed by atoms with Gasteiger partial charge in [0.2, 0.25) is 0 Å². The molecule has 0 fully saturated rings. The zero-order chi connectivity index (χ0) is 16.1. The van der Waals surface area contributed by atoms with Crippen LogP contribution in [-0.2, 0) is 22.2 Å². The Kier molecular flexibility index (Phi) is 6.44. The summed E-state index contributed by atoms with van der Waals surface area (Å²) >= 11 is 0. The maximum Gasteiger partial charge on any atom is 0.192 e. The zero-order valence-electron chi connectivity index (χ0n) is 14.6. The molecule has 0 unspecified atom stereocenters. The predicted octanol–water partition coefficient (Wildman–Crippen LogP) is 4.75. The molecule has 0 saturated heterocycles. The van der Waals surface area contributed by atoms with Crippen molar-refractivity contribution in [2.45, 2.75) is 58.9 Å². The highest BCUT2D eigenvalue weighted by Crippen LogP contribution is 2.37. The first-order valence-corrected chi connectivity index (χ1v) is 10.5. The third-order valence-corrected chi connectivity index (χ3v) is 8.73. The van der Waals surface area contributed by atoms with Crippen molar-refractivity contribution in [1.82, 2.24) is 0 Å². The maximum atomic E-state index is 6.27. The van der Waals surface area contributed by atoms with Gasteiger partial charge in [-0.2, -0.15) is 0 Å². The normalized spacial score (nSPS) is 12.5. The van der Waals surface area contributed by atoms with Gasteiger partial charge in [0.05, 0.1) is 6.61 Å². The molecule has 0 spiro atoms. The van der Waals surface area contributed by atoms with Gasteiger partial charge in [-0.25, -0.2) is 0 Å². The van der Waals surface area contributed by atoms with E-state index in [2.05, 4.69) is 59.0 Å². The van der Waals surface area contributed by atoms with E-state index in [1.54, 1.807) is 7.11 Å². The molecule has 0 amide bonds. The van der Waals surface area contributed by atoms with E-state index in [1.807, 2.05) is 0 Å². The van der Waals surface area contributed by atoms with Crippen molar-refractivity contribution in [3.63, 3.8) is 0 Å². The zero-order valence-corrected chi connectivity index (χ0v) is 15.6. The Bertz CT molecular complexity index is 450. The average Bonchev–Trinajstić information content (AvgIpc) is 2.41. The quantitative estimate of drug-likeness (QED) is 0.537. The van der Waals surface area contributed by atoms with E-state index in [0.717, 1.165) is 17.7 Å². The highest BCUT2D eigenvalue weighted by Gasteiger charge is 2.37. The Hall–Kier alpha value is -0.843. The standard InChI is InChI=1S/C17H30O3Si/c1-8-15-10-9-14(11-16(15)19-13-18-5)12-20-21(6,7)17(2,3)4/h9-11H,8,12-13H2,1-7H3. The molecule has 0 aliphatic heterocycles. The molecule has 3 nitrogen and oxygen atoms in total. The lowest BCUT2D eigenvalue weighted by Crippen LogP contribution is -2.40. The van der Waals surface area contributed by atoms with E-state index in [1.165, 1.54) is 5.56 Å². The molecule has 0 aliphatic carbocycles. The molecular formula is C17H30O3Si. The van der Waals surface area contributed by atoms with E-state index in [-0.39, 0.29) is 11.8 Å². The van der Waals surface area contributed by atoms with Gasteiger partial charge in [0, 0.05) is 7.11 Å². The summed E-state index contributed by atoms with van der Waals surface area (Å²) < 4.78 is 16.9. The largest absolute Gasteiger partial charge is 0.467 e. The first-order chi connectivity index (χ1) is 9.71. The van der Waals surface area contributed by atoms with Gasteiger partial charge in [0.1, 0.15) is 5.75 Å². The van der Waals surface area contributed by atoms with Crippen molar-refractivity contribution in [2.24, 2.45) is 0 Å². The number of ether oxygens (including phenoxy) is 2. The SMILES string of the molecule is CCc1ccc(CO[Si](C)(C)C(C)(C)C)cc1OCOC. The van der Waals surface area contributed by atoms with Crippen molar-refractivity contribution in [2.75, 3.05) is 13.9 Å². The molecule has 0 saturated carbocycles. The number of hydrogen-bond donors (Lipinski definition) is 0. The molecule has 0 N–H and O–H groups in total. The highest BCUT2D eigenvalue weighted by atomic mass is 28.4. The molecule has 0 aromatic heterocycles. The molecule has 21 heavy (non-hydrogen) atoms. The second-order valence-corrected chi connectivity index (χ2v) is 11.7. The summed E-state index contributed by atoms with van der Waals surface area (Å²) in [6, 6.07) is 6.33. The molecule has 0 heterocycles. The second kappa shape index (κ2) is 7.43. The summed E-state index contributed by atoms with van der Waals surface area (Å²) in [5.74, 6) is 0.899. The van der Waals surface area contributed by atoms with Gasteiger partial charge in [-0.3, -0.25) is 0 Å². The minimum absolute atomic E-state index is 0.228.